The van der Waals surface area contributed by atoms with E-state index in [0.717, 1.165) is 0 Å². The lowest BCUT2D eigenvalue weighted by atomic mass is 10.1. The summed E-state index contributed by atoms with van der Waals surface area (Å²) in [5.74, 6) is -0.352. The van der Waals surface area contributed by atoms with Crippen LogP contribution in [0.5, 0.6) is 0 Å². The highest BCUT2D eigenvalue weighted by molar-refractivity contribution is 6.34. The standard InChI is InChI=1S/C12H16ClN3O4/c1-14-11-9(13)6-8(7-10(11)16(18)19)12(17)15(2)4-5-20-3/h6-7,14H,4-5H2,1-3H3. The third-order valence-corrected chi connectivity index (χ3v) is 3.04. The number of carbonyl (C=O) groups is 1. The van der Waals surface area contributed by atoms with E-state index in [0.29, 0.717) is 13.2 Å². The Hall–Kier alpha value is -1.86. The van der Waals surface area contributed by atoms with E-state index in [4.69, 9.17) is 16.3 Å². The van der Waals surface area contributed by atoms with E-state index in [2.05, 4.69) is 5.32 Å². The molecule has 0 aromatic heterocycles. The van der Waals surface area contributed by atoms with Gasteiger partial charge in [-0.3, -0.25) is 14.9 Å². The summed E-state index contributed by atoms with van der Waals surface area (Å²) in [5, 5.41) is 13.8. The summed E-state index contributed by atoms with van der Waals surface area (Å²) in [7, 11) is 4.65. The molecule has 0 heterocycles. The lowest BCUT2D eigenvalue weighted by molar-refractivity contribution is -0.383. The molecular weight excluding hydrogens is 286 g/mol. The molecule has 0 aliphatic heterocycles. The summed E-state index contributed by atoms with van der Waals surface area (Å²) >= 11 is 5.97. The molecule has 7 nitrogen and oxygen atoms in total. The quantitative estimate of drug-likeness (QED) is 0.642. The van der Waals surface area contributed by atoms with Gasteiger partial charge in [-0.25, -0.2) is 0 Å². The molecule has 8 heteroatoms. The molecule has 0 fully saturated rings. The average molecular weight is 302 g/mol. The second-order valence-corrected chi connectivity index (χ2v) is 4.49. The summed E-state index contributed by atoms with van der Waals surface area (Å²) in [5.41, 5.74) is 0.121. The van der Waals surface area contributed by atoms with Crippen molar-refractivity contribution in [3.05, 3.63) is 32.8 Å². The summed E-state index contributed by atoms with van der Waals surface area (Å²) < 4.78 is 4.88. The Morgan fingerprint density at radius 3 is 2.70 bits per heavy atom. The van der Waals surface area contributed by atoms with E-state index in [9.17, 15) is 14.9 Å². The molecule has 1 rings (SSSR count). The summed E-state index contributed by atoms with van der Waals surface area (Å²) in [6.45, 7) is 0.765. The second kappa shape index (κ2) is 7.06. The number of carbonyl (C=O) groups excluding carboxylic acids is 1. The summed E-state index contributed by atoms with van der Waals surface area (Å²) in [4.78, 5) is 24.0. The van der Waals surface area contributed by atoms with Crippen LogP contribution < -0.4 is 5.32 Å². The molecule has 1 amide bonds. The Balaban J connectivity index is 3.13. The van der Waals surface area contributed by atoms with Gasteiger partial charge in [0.05, 0.1) is 16.6 Å². The molecule has 0 bridgehead atoms. The zero-order valence-corrected chi connectivity index (χ0v) is 12.2. The number of nitro benzene ring substituents is 1. The Morgan fingerprint density at radius 2 is 2.20 bits per heavy atom. The Kier molecular flexibility index (Phi) is 5.72. The molecule has 0 aliphatic rings. The molecule has 20 heavy (non-hydrogen) atoms. The van der Waals surface area contributed by atoms with E-state index >= 15 is 0 Å². The number of hydrogen-bond donors (Lipinski definition) is 1. The van der Waals surface area contributed by atoms with Gasteiger partial charge in [-0.1, -0.05) is 11.6 Å². The fourth-order valence-corrected chi connectivity index (χ4v) is 1.97. The number of anilines is 1. The molecule has 0 saturated carbocycles. The van der Waals surface area contributed by atoms with Crippen molar-refractivity contribution in [3.63, 3.8) is 0 Å². The number of nitrogens with zero attached hydrogens (tertiary/aromatic N) is 2. The number of hydrogen-bond acceptors (Lipinski definition) is 5. The van der Waals surface area contributed by atoms with Crippen LogP contribution in [-0.2, 0) is 4.74 Å². The lowest BCUT2D eigenvalue weighted by Gasteiger charge is -2.17. The minimum absolute atomic E-state index is 0.130. The predicted molar refractivity (Wildman–Crippen MR) is 76.5 cm³/mol. The van der Waals surface area contributed by atoms with Gasteiger partial charge in [0.25, 0.3) is 11.6 Å². The van der Waals surface area contributed by atoms with Crippen LogP contribution in [-0.4, -0.2) is 50.1 Å². The van der Waals surface area contributed by atoms with Crippen molar-refractivity contribution < 1.29 is 14.5 Å². The topological polar surface area (TPSA) is 84.7 Å². The molecule has 0 radical (unpaired) electrons. The molecule has 0 spiro atoms. The third kappa shape index (κ3) is 3.58. The minimum Gasteiger partial charge on any atom is -0.383 e. The Morgan fingerprint density at radius 1 is 1.55 bits per heavy atom. The van der Waals surface area contributed by atoms with Gasteiger partial charge in [0.1, 0.15) is 5.69 Å². The van der Waals surface area contributed by atoms with Crippen LogP contribution in [0.4, 0.5) is 11.4 Å². The monoisotopic (exact) mass is 301 g/mol. The highest BCUT2D eigenvalue weighted by Gasteiger charge is 2.22. The van der Waals surface area contributed by atoms with E-state index in [-0.39, 0.29) is 27.9 Å². The number of amides is 1. The van der Waals surface area contributed by atoms with E-state index in [1.54, 1.807) is 7.05 Å². The third-order valence-electron chi connectivity index (χ3n) is 2.74. The van der Waals surface area contributed by atoms with E-state index in [1.807, 2.05) is 0 Å². The first-order valence-electron chi connectivity index (χ1n) is 5.82. The van der Waals surface area contributed by atoms with Crippen LogP contribution in [0.3, 0.4) is 0 Å². The maximum Gasteiger partial charge on any atom is 0.294 e. The first-order chi connectivity index (χ1) is 9.42. The molecule has 1 aromatic carbocycles. The van der Waals surface area contributed by atoms with Crippen molar-refractivity contribution in [2.45, 2.75) is 0 Å². The van der Waals surface area contributed by atoms with Gasteiger partial charge < -0.3 is 15.0 Å². The van der Waals surface area contributed by atoms with Gasteiger partial charge in [0.15, 0.2) is 0 Å². The van der Waals surface area contributed by atoms with Crippen molar-refractivity contribution in [1.29, 1.82) is 0 Å². The lowest BCUT2D eigenvalue weighted by Crippen LogP contribution is -2.30. The first-order valence-corrected chi connectivity index (χ1v) is 6.20. The number of ether oxygens (including phenoxy) is 1. The molecular formula is C12H16ClN3O4. The van der Waals surface area contributed by atoms with Crippen molar-refractivity contribution in [2.75, 3.05) is 39.7 Å². The van der Waals surface area contributed by atoms with E-state index < -0.39 is 4.92 Å². The molecule has 0 unspecified atom stereocenters. The molecule has 0 saturated heterocycles. The van der Waals surface area contributed by atoms with Crippen LogP contribution in [0.25, 0.3) is 0 Å². The fourth-order valence-electron chi connectivity index (χ4n) is 1.66. The van der Waals surface area contributed by atoms with Gasteiger partial charge in [0, 0.05) is 39.4 Å². The molecule has 0 atom stereocenters. The van der Waals surface area contributed by atoms with Crippen molar-refractivity contribution in [2.24, 2.45) is 0 Å². The molecule has 1 N–H and O–H groups in total. The van der Waals surface area contributed by atoms with Crippen LogP contribution >= 0.6 is 11.6 Å². The van der Waals surface area contributed by atoms with Crippen LogP contribution in [0.15, 0.2) is 12.1 Å². The smallest absolute Gasteiger partial charge is 0.294 e. The van der Waals surface area contributed by atoms with Gasteiger partial charge in [-0.05, 0) is 6.07 Å². The first kappa shape index (κ1) is 16.2. The summed E-state index contributed by atoms with van der Waals surface area (Å²) in [6, 6.07) is 2.62. The van der Waals surface area contributed by atoms with Gasteiger partial charge in [-0.2, -0.15) is 0 Å². The largest absolute Gasteiger partial charge is 0.383 e. The number of nitro groups is 1. The number of methoxy groups -OCH3 is 1. The SMILES string of the molecule is CNc1c(Cl)cc(C(=O)N(C)CCOC)cc1[N+](=O)[O-]. The van der Waals surface area contributed by atoms with Crippen molar-refractivity contribution in [3.8, 4) is 0 Å². The number of likely N-dealkylation sites (N-methyl/N-ethyl adjacent to an activating group) is 1. The molecule has 0 aliphatic carbocycles. The number of halogens is 1. The number of benzene rings is 1. The summed E-state index contributed by atoms with van der Waals surface area (Å²) in [6.07, 6.45) is 0. The van der Waals surface area contributed by atoms with Crippen molar-refractivity contribution >= 4 is 28.9 Å². The minimum atomic E-state index is -0.580. The van der Waals surface area contributed by atoms with Gasteiger partial charge in [-0.15, -0.1) is 0 Å². The Labute approximate surface area is 121 Å². The van der Waals surface area contributed by atoms with Crippen LogP contribution in [0.2, 0.25) is 5.02 Å². The normalized spacial score (nSPS) is 10.2. The van der Waals surface area contributed by atoms with Crippen LogP contribution in [0, 0.1) is 10.1 Å². The number of nitrogens with one attached hydrogen (secondary N) is 1. The molecule has 110 valence electrons. The highest BCUT2D eigenvalue weighted by Crippen LogP contribution is 2.33. The maximum absolute atomic E-state index is 12.1. The fraction of sp³-hybridized carbons (Fsp3) is 0.417. The van der Waals surface area contributed by atoms with Gasteiger partial charge >= 0.3 is 0 Å². The average Bonchev–Trinajstić information content (AvgIpc) is 2.42. The second-order valence-electron chi connectivity index (χ2n) is 4.08. The predicted octanol–water partition coefficient (Wildman–Crippen LogP) is 2.01. The number of rotatable bonds is 6. The maximum atomic E-state index is 12.1. The van der Waals surface area contributed by atoms with Gasteiger partial charge in [0.2, 0.25) is 0 Å². The zero-order chi connectivity index (χ0) is 15.3. The Bertz CT molecular complexity index is 522. The van der Waals surface area contributed by atoms with E-state index in [1.165, 1.54) is 31.2 Å². The van der Waals surface area contributed by atoms with Crippen LogP contribution in [0.1, 0.15) is 10.4 Å². The zero-order valence-electron chi connectivity index (χ0n) is 11.5. The molecule has 1 aromatic rings. The highest BCUT2D eigenvalue weighted by atomic mass is 35.5. The van der Waals surface area contributed by atoms with Crippen molar-refractivity contribution in [1.82, 2.24) is 4.90 Å².